The van der Waals surface area contributed by atoms with E-state index in [0.717, 1.165) is 38.8 Å². The molecule has 0 saturated heterocycles. The molecule has 0 spiro atoms. The molecule has 0 aliphatic heterocycles. The average Bonchev–Trinajstić information content (AvgIpc) is 2.71. The number of nitrogens with zero attached hydrogens (tertiary/aromatic N) is 1. The predicted octanol–water partition coefficient (Wildman–Crippen LogP) is 5.87. The molecule has 0 radical (unpaired) electrons. The smallest absolute Gasteiger partial charge is 0.0822 e. The van der Waals surface area contributed by atoms with Crippen LogP contribution in [0.5, 0.6) is 0 Å². The molecule has 0 atom stereocenters. The standard InChI is InChI=1S/C23H34ClN3/c1-5-18-11-9-12-19(6-2)22(18)25-15-16-27(24)17-26-23-20(7-3)13-10-14-21(23)8-4/h9-14,25-26H,5-8,15-17H2,1-4H3. The number of aryl methyl sites for hydroxylation is 4. The molecule has 0 amide bonds. The van der Waals surface area contributed by atoms with Crippen LogP contribution in [0.4, 0.5) is 11.4 Å². The van der Waals surface area contributed by atoms with E-state index in [4.69, 9.17) is 11.8 Å². The van der Waals surface area contributed by atoms with Crippen LogP contribution < -0.4 is 10.6 Å². The van der Waals surface area contributed by atoms with Crippen molar-refractivity contribution in [2.45, 2.75) is 53.4 Å². The lowest BCUT2D eigenvalue weighted by atomic mass is 10.0. The number of benzene rings is 2. The van der Waals surface area contributed by atoms with Crippen LogP contribution in [0.15, 0.2) is 36.4 Å². The number of hydrogen-bond donors (Lipinski definition) is 2. The molecule has 2 aromatic carbocycles. The summed E-state index contributed by atoms with van der Waals surface area (Å²) in [6.07, 6.45) is 4.12. The van der Waals surface area contributed by atoms with Crippen LogP contribution in [0, 0.1) is 0 Å². The van der Waals surface area contributed by atoms with Gasteiger partial charge < -0.3 is 10.6 Å². The molecule has 0 unspecified atom stereocenters. The van der Waals surface area contributed by atoms with Gasteiger partial charge in [0.05, 0.1) is 6.67 Å². The monoisotopic (exact) mass is 387 g/mol. The molecule has 0 aliphatic rings. The number of nitrogens with one attached hydrogen (secondary N) is 2. The predicted molar refractivity (Wildman–Crippen MR) is 120 cm³/mol. The summed E-state index contributed by atoms with van der Waals surface area (Å²) in [6.45, 7) is 11.0. The van der Waals surface area contributed by atoms with Crippen LogP contribution in [0.2, 0.25) is 0 Å². The van der Waals surface area contributed by atoms with Crippen molar-refractivity contribution in [1.82, 2.24) is 4.42 Å². The van der Waals surface area contributed by atoms with E-state index in [-0.39, 0.29) is 0 Å². The van der Waals surface area contributed by atoms with Gasteiger partial charge in [-0.2, -0.15) is 4.42 Å². The van der Waals surface area contributed by atoms with Crippen molar-refractivity contribution in [3.8, 4) is 0 Å². The van der Waals surface area contributed by atoms with E-state index in [1.165, 1.54) is 33.6 Å². The highest BCUT2D eigenvalue weighted by Gasteiger charge is 2.09. The first kappa shape index (κ1) is 21.6. The Morgan fingerprint density at radius 2 is 1.11 bits per heavy atom. The first-order valence-electron chi connectivity index (χ1n) is 10.2. The molecular formula is C23H34ClN3. The van der Waals surface area contributed by atoms with Crippen molar-refractivity contribution < 1.29 is 0 Å². The molecule has 2 aromatic rings. The summed E-state index contributed by atoms with van der Waals surface area (Å²) in [5.74, 6) is 0. The fourth-order valence-corrected chi connectivity index (χ4v) is 3.63. The van der Waals surface area contributed by atoms with Gasteiger partial charge in [-0.1, -0.05) is 64.1 Å². The third kappa shape index (κ3) is 5.88. The largest absolute Gasteiger partial charge is 0.383 e. The van der Waals surface area contributed by atoms with Crippen LogP contribution in [0.25, 0.3) is 0 Å². The molecule has 0 heterocycles. The lowest BCUT2D eigenvalue weighted by Crippen LogP contribution is -2.27. The third-order valence-electron chi connectivity index (χ3n) is 5.08. The highest BCUT2D eigenvalue weighted by molar-refractivity contribution is 6.13. The highest BCUT2D eigenvalue weighted by Crippen LogP contribution is 2.23. The minimum Gasteiger partial charge on any atom is -0.383 e. The van der Waals surface area contributed by atoms with E-state index in [9.17, 15) is 0 Å². The highest BCUT2D eigenvalue weighted by atomic mass is 35.5. The van der Waals surface area contributed by atoms with Gasteiger partial charge in [-0.3, -0.25) is 0 Å². The maximum atomic E-state index is 6.47. The summed E-state index contributed by atoms with van der Waals surface area (Å²) in [4.78, 5) is 0. The molecule has 3 nitrogen and oxygen atoms in total. The molecular weight excluding hydrogens is 354 g/mol. The van der Waals surface area contributed by atoms with Gasteiger partial charge in [-0.25, -0.2) is 0 Å². The van der Waals surface area contributed by atoms with Gasteiger partial charge in [-0.15, -0.1) is 0 Å². The zero-order valence-electron chi connectivity index (χ0n) is 17.2. The van der Waals surface area contributed by atoms with Crippen LogP contribution in [-0.4, -0.2) is 24.2 Å². The average molecular weight is 388 g/mol. The summed E-state index contributed by atoms with van der Waals surface area (Å²) < 4.78 is 1.82. The zero-order chi connectivity index (χ0) is 19.6. The van der Waals surface area contributed by atoms with Gasteiger partial charge >= 0.3 is 0 Å². The Kier molecular flexibility index (Phi) is 8.96. The van der Waals surface area contributed by atoms with Gasteiger partial charge in [0, 0.05) is 24.5 Å². The van der Waals surface area contributed by atoms with E-state index in [2.05, 4.69) is 74.7 Å². The molecule has 0 bridgehead atoms. The molecule has 148 valence electrons. The zero-order valence-corrected chi connectivity index (χ0v) is 18.0. The quantitative estimate of drug-likeness (QED) is 0.372. The number of rotatable bonds is 11. The van der Waals surface area contributed by atoms with Gasteiger partial charge in [0.2, 0.25) is 0 Å². The van der Waals surface area contributed by atoms with Crippen molar-refractivity contribution in [3.05, 3.63) is 58.7 Å². The second-order valence-corrected chi connectivity index (χ2v) is 7.24. The molecule has 0 saturated carbocycles. The SMILES string of the molecule is CCc1cccc(CC)c1NCCN(Cl)CNc1c(CC)cccc1CC. The van der Waals surface area contributed by atoms with E-state index in [0.29, 0.717) is 6.67 Å². The Bertz CT molecular complexity index is 670. The minimum atomic E-state index is 0.628. The third-order valence-corrected chi connectivity index (χ3v) is 5.37. The molecule has 27 heavy (non-hydrogen) atoms. The van der Waals surface area contributed by atoms with E-state index in [1.54, 1.807) is 0 Å². The summed E-state index contributed by atoms with van der Waals surface area (Å²) in [6, 6.07) is 13.1. The second kappa shape index (κ2) is 11.2. The molecule has 2 rings (SSSR count). The van der Waals surface area contributed by atoms with Gasteiger partial charge in [0.1, 0.15) is 0 Å². The number of anilines is 2. The van der Waals surface area contributed by atoms with Crippen molar-refractivity contribution in [2.75, 3.05) is 30.4 Å². The topological polar surface area (TPSA) is 27.3 Å². The lowest BCUT2D eigenvalue weighted by molar-refractivity contribution is 0.502. The van der Waals surface area contributed by atoms with Gasteiger partial charge in [0.15, 0.2) is 0 Å². The van der Waals surface area contributed by atoms with Gasteiger partial charge in [-0.05, 0) is 59.7 Å². The molecule has 4 heteroatoms. The Labute approximate surface area is 170 Å². The van der Waals surface area contributed by atoms with Crippen molar-refractivity contribution >= 4 is 23.2 Å². The lowest BCUT2D eigenvalue weighted by Gasteiger charge is -2.21. The summed E-state index contributed by atoms with van der Waals surface area (Å²) in [7, 11) is 0. The Morgan fingerprint density at radius 3 is 1.52 bits per heavy atom. The summed E-state index contributed by atoms with van der Waals surface area (Å²) in [5.41, 5.74) is 7.97. The Hall–Kier alpha value is -1.71. The van der Waals surface area contributed by atoms with Crippen molar-refractivity contribution in [3.63, 3.8) is 0 Å². The van der Waals surface area contributed by atoms with Crippen molar-refractivity contribution in [1.29, 1.82) is 0 Å². The maximum absolute atomic E-state index is 6.47. The fraction of sp³-hybridized carbons (Fsp3) is 0.478. The number of hydrogen-bond acceptors (Lipinski definition) is 3. The molecule has 0 fully saturated rings. The Balaban J connectivity index is 1.90. The van der Waals surface area contributed by atoms with Crippen LogP contribution in [0.3, 0.4) is 0 Å². The van der Waals surface area contributed by atoms with E-state index < -0.39 is 0 Å². The summed E-state index contributed by atoms with van der Waals surface area (Å²) >= 11 is 6.47. The Morgan fingerprint density at radius 1 is 0.704 bits per heavy atom. The van der Waals surface area contributed by atoms with Crippen molar-refractivity contribution in [2.24, 2.45) is 0 Å². The normalized spacial score (nSPS) is 11.0. The maximum Gasteiger partial charge on any atom is 0.0822 e. The van der Waals surface area contributed by atoms with Crippen LogP contribution in [-0.2, 0) is 25.7 Å². The molecule has 2 N–H and O–H groups in total. The number of para-hydroxylation sites is 2. The van der Waals surface area contributed by atoms with E-state index in [1.807, 2.05) is 4.42 Å². The number of halogens is 1. The van der Waals surface area contributed by atoms with Gasteiger partial charge in [0.25, 0.3) is 0 Å². The summed E-state index contributed by atoms with van der Waals surface area (Å²) in [5, 5.41) is 7.15. The fourth-order valence-electron chi connectivity index (χ4n) is 3.49. The molecule has 0 aromatic heterocycles. The first-order chi connectivity index (χ1) is 13.1. The first-order valence-corrected chi connectivity index (χ1v) is 10.6. The van der Waals surface area contributed by atoms with Crippen LogP contribution >= 0.6 is 11.8 Å². The second-order valence-electron chi connectivity index (χ2n) is 6.76. The van der Waals surface area contributed by atoms with Crippen LogP contribution in [0.1, 0.15) is 49.9 Å². The van der Waals surface area contributed by atoms with E-state index >= 15 is 0 Å². The molecule has 0 aliphatic carbocycles. The minimum absolute atomic E-state index is 0.628.